The van der Waals surface area contributed by atoms with E-state index in [-0.39, 0.29) is 6.42 Å². The summed E-state index contributed by atoms with van der Waals surface area (Å²) >= 11 is 0. The zero-order valence-corrected chi connectivity index (χ0v) is 8.16. The van der Waals surface area contributed by atoms with E-state index in [0.29, 0.717) is 11.3 Å². The van der Waals surface area contributed by atoms with E-state index in [4.69, 9.17) is 15.3 Å². The lowest BCUT2D eigenvalue weighted by Crippen LogP contribution is -1.95. The van der Waals surface area contributed by atoms with Crippen LogP contribution in [0.5, 0.6) is 5.75 Å². The van der Waals surface area contributed by atoms with Crippen molar-refractivity contribution in [1.29, 1.82) is 10.5 Å². The van der Waals surface area contributed by atoms with Crippen molar-refractivity contribution >= 4 is 0 Å². The largest absolute Gasteiger partial charge is 0.495 e. The predicted molar refractivity (Wildman–Crippen MR) is 51.8 cm³/mol. The minimum absolute atomic E-state index is 0.237. The Morgan fingerprint density at radius 3 is 2.57 bits per heavy atom. The van der Waals surface area contributed by atoms with Gasteiger partial charge in [0.2, 0.25) is 0 Å². The highest BCUT2D eigenvalue weighted by Gasteiger charge is 2.09. The van der Waals surface area contributed by atoms with Crippen LogP contribution in [-0.4, -0.2) is 7.11 Å². The van der Waals surface area contributed by atoms with E-state index in [9.17, 15) is 0 Å². The standard InChI is InChI=1S/C11H10N2O/c1-8-5-9(3-4-12)10(7-13)11(6-8)14-2/h5-6H,3H2,1-2H3. The van der Waals surface area contributed by atoms with Crippen molar-refractivity contribution in [2.24, 2.45) is 0 Å². The summed E-state index contributed by atoms with van der Waals surface area (Å²) in [4.78, 5) is 0. The molecule has 0 fully saturated rings. The summed E-state index contributed by atoms with van der Waals surface area (Å²) in [5.74, 6) is 0.540. The van der Waals surface area contributed by atoms with Crippen LogP contribution >= 0.6 is 0 Å². The molecule has 1 aromatic carbocycles. The topological polar surface area (TPSA) is 56.8 Å². The third kappa shape index (κ3) is 1.84. The molecular formula is C11H10N2O. The molecule has 0 atom stereocenters. The number of hydrogen-bond acceptors (Lipinski definition) is 3. The lowest BCUT2D eigenvalue weighted by Gasteiger charge is -2.07. The number of nitriles is 2. The van der Waals surface area contributed by atoms with Crippen LogP contribution in [0, 0.1) is 29.6 Å². The summed E-state index contributed by atoms with van der Waals surface area (Å²) in [6.07, 6.45) is 0.237. The van der Waals surface area contributed by atoms with Crippen LogP contribution in [0.1, 0.15) is 16.7 Å². The normalized spacial score (nSPS) is 8.86. The third-order valence-electron chi connectivity index (χ3n) is 1.93. The van der Waals surface area contributed by atoms with Crippen LogP contribution in [0.2, 0.25) is 0 Å². The van der Waals surface area contributed by atoms with E-state index in [2.05, 4.69) is 6.07 Å². The Labute approximate surface area is 83.2 Å². The highest BCUT2D eigenvalue weighted by molar-refractivity contribution is 5.51. The minimum Gasteiger partial charge on any atom is -0.495 e. The molecule has 0 radical (unpaired) electrons. The van der Waals surface area contributed by atoms with Crippen molar-refractivity contribution in [3.8, 4) is 17.9 Å². The Morgan fingerprint density at radius 1 is 1.36 bits per heavy atom. The van der Waals surface area contributed by atoms with Gasteiger partial charge in [0.15, 0.2) is 0 Å². The Kier molecular flexibility index (Phi) is 3.09. The van der Waals surface area contributed by atoms with Crippen molar-refractivity contribution in [3.63, 3.8) is 0 Å². The van der Waals surface area contributed by atoms with Crippen molar-refractivity contribution in [1.82, 2.24) is 0 Å². The van der Waals surface area contributed by atoms with E-state index in [0.717, 1.165) is 11.1 Å². The average Bonchev–Trinajstić information content (AvgIpc) is 2.17. The first kappa shape index (κ1) is 10.1. The van der Waals surface area contributed by atoms with Gasteiger partial charge >= 0.3 is 0 Å². The molecule has 0 saturated carbocycles. The van der Waals surface area contributed by atoms with Gasteiger partial charge in [-0.25, -0.2) is 0 Å². The molecule has 0 aliphatic rings. The van der Waals surface area contributed by atoms with Gasteiger partial charge < -0.3 is 4.74 Å². The molecule has 1 aromatic rings. The highest BCUT2D eigenvalue weighted by atomic mass is 16.5. The highest BCUT2D eigenvalue weighted by Crippen LogP contribution is 2.23. The van der Waals surface area contributed by atoms with Gasteiger partial charge in [0.1, 0.15) is 11.8 Å². The van der Waals surface area contributed by atoms with Gasteiger partial charge in [-0.15, -0.1) is 0 Å². The average molecular weight is 186 g/mol. The lowest BCUT2D eigenvalue weighted by molar-refractivity contribution is 0.412. The van der Waals surface area contributed by atoms with Crippen LogP contribution in [-0.2, 0) is 6.42 Å². The molecule has 0 bridgehead atoms. The maximum atomic E-state index is 8.91. The van der Waals surface area contributed by atoms with E-state index >= 15 is 0 Å². The number of aryl methyl sites for hydroxylation is 1. The first-order valence-electron chi connectivity index (χ1n) is 4.17. The molecule has 0 aliphatic heterocycles. The van der Waals surface area contributed by atoms with E-state index < -0.39 is 0 Å². The maximum Gasteiger partial charge on any atom is 0.137 e. The predicted octanol–water partition coefficient (Wildman–Crippen LogP) is 1.94. The molecule has 1 rings (SSSR count). The zero-order chi connectivity index (χ0) is 10.6. The van der Waals surface area contributed by atoms with Gasteiger partial charge in [-0.3, -0.25) is 0 Å². The second-order valence-electron chi connectivity index (χ2n) is 2.95. The van der Waals surface area contributed by atoms with E-state index in [1.54, 1.807) is 6.07 Å². The summed E-state index contributed by atoms with van der Waals surface area (Å²) in [6.45, 7) is 1.91. The smallest absolute Gasteiger partial charge is 0.137 e. The molecule has 0 spiro atoms. The first-order valence-corrected chi connectivity index (χ1v) is 4.17. The Bertz CT molecular complexity index is 424. The molecule has 14 heavy (non-hydrogen) atoms. The molecule has 3 nitrogen and oxygen atoms in total. The van der Waals surface area contributed by atoms with E-state index in [1.807, 2.05) is 19.1 Å². The van der Waals surface area contributed by atoms with Gasteiger partial charge in [-0.2, -0.15) is 10.5 Å². The summed E-state index contributed by atoms with van der Waals surface area (Å²) < 4.78 is 5.07. The molecule has 0 aromatic heterocycles. The second-order valence-corrected chi connectivity index (χ2v) is 2.95. The monoisotopic (exact) mass is 186 g/mol. The summed E-state index contributed by atoms with van der Waals surface area (Å²) in [6, 6.07) is 7.71. The fourth-order valence-electron chi connectivity index (χ4n) is 1.34. The molecule has 0 saturated heterocycles. The van der Waals surface area contributed by atoms with Gasteiger partial charge in [-0.05, 0) is 24.1 Å². The lowest BCUT2D eigenvalue weighted by atomic mass is 10.0. The number of hydrogen-bond donors (Lipinski definition) is 0. The second kappa shape index (κ2) is 4.30. The molecule has 0 heterocycles. The number of benzene rings is 1. The van der Waals surface area contributed by atoms with Crippen LogP contribution < -0.4 is 4.74 Å². The summed E-state index contributed by atoms with van der Waals surface area (Å²) in [5, 5.41) is 17.5. The Hall–Kier alpha value is -2.00. The zero-order valence-electron chi connectivity index (χ0n) is 8.16. The summed E-state index contributed by atoms with van der Waals surface area (Å²) in [7, 11) is 1.52. The van der Waals surface area contributed by atoms with Crippen molar-refractivity contribution in [3.05, 3.63) is 28.8 Å². The van der Waals surface area contributed by atoms with Crippen molar-refractivity contribution in [2.45, 2.75) is 13.3 Å². The Morgan fingerprint density at radius 2 is 2.07 bits per heavy atom. The molecule has 70 valence electrons. The first-order chi connectivity index (χ1) is 6.72. The van der Waals surface area contributed by atoms with Crippen molar-refractivity contribution in [2.75, 3.05) is 7.11 Å². The molecule has 0 aliphatic carbocycles. The molecule has 0 amide bonds. The third-order valence-corrected chi connectivity index (χ3v) is 1.93. The quantitative estimate of drug-likeness (QED) is 0.709. The van der Waals surface area contributed by atoms with Crippen LogP contribution in [0.15, 0.2) is 12.1 Å². The van der Waals surface area contributed by atoms with Gasteiger partial charge in [0.05, 0.1) is 25.2 Å². The maximum absolute atomic E-state index is 8.91. The number of methoxy groups -OCH3 is 1. The van der Waals surface area contributed by atoms with Crippen LogP contribution in [0.3, 0.4) is 0 Å². The van der Waals surface area contributed by atoms with Gasteiger partial charge in [0.25, 0.3) is 0 Å². The van der Waals surface area contributed by atoms with Crippen LogP contribution in [0.4, 0.5) is 0 Å². The van der Waals surface area contributed by atoms with Gasteiger partial charge in [0, 0.05) is 0 Å². The minimum atomic E-state index is 0.237. The molecule has 0 N–H and O–H groups in total. The molecular weight excluding hydrogens is 176 g/mol. The van der Waals surface area contributed by atoms with E-state index in [1.165, 1.54) is 7.11 Å². The number of nitrogens with zero attached hydrogens (tertiary/aromatic N) is 2. The Balaban J connectivity index is 3.35. The molecule has 0 unspecified atom stereocenters. The van der Waals surface area contributed by atoms with Gasteiger partial charge in [-0.1, -0.05) is 6.07 Å². The summed E-state index contributed by atoms with van der Waals surface area (Å²) in [5.41, 5.74) is 2.18. The molecule has 3 heteroatoms. The SMILES string of the molecule is COc1cc(C)cc(CC#N)c1C#N. The number of ether oxygens (including phenoxy) is 1. The fraction of sp³-hybridized carbons (Fsp3) is 0.273. The fourth-order valence-corrected chi connectivity index (χ4v) is 1.34. The van der Waals surface area contributed by atoms with Crippen molar-refractivity contribution < 1.29 is 4.74 Å². The van der Waals surface area contributed by atoms with Crippen LogP contribution in [0.25, 0.3) is 0 Å². The number of rotatable bonds is 2.